The largest absolute Gasteiger partial charge is 0.360 e. The Balaban J connectivity index is 1.57. The van der Waals surface area contributed by atoms with Crippen LogP contribution < -0.4 is 4.90 Å². The Bertz CT molecular complexity index is 391. The van der Waals surface area contributed by atoms with Crippen LogP contribution in [0.2, 0.25) is 0 Å². The first-order valence-electron chi connectivity index (χ1n) is 6.26. The van der Waals surface area contributed by atoms with Crippen LogP contribution in [-0.2, 0) is 0 Å². The summed E-state index contributed by atoms with van der Waals surface area (Å²) in [5.74, 6) is 1.00. The van der Waals surface area contributed by atoms with E-state index < -0.39 is 0 Å². The normalized spacial score (nSPS) is 41.4. The molecule has 1 spiro atoms. The van der Waals surface area contributed by atoms with Crippen molar-refractivity contribution in [2.24, 2.45) is 5.92 Å². The molecule has 3 saturated heterocycles. The summed E-state index contributed by atoms with van der Waals surface area (Å²) >= 11 is 1.64. The highest BCUT2D eigenvalue weighted by atomic mass is 32.1. The molecule has 0 N–H and O–H groups in total. The Kier molecular flexibility index (Phi) is 1.89. The van der Waals surface area contributed by atoms with Gasteiger partial charge in [-0.15, -0.1) is 0 Å². The molecule has 3 atom stereocenters. The van der Waals surface area contributed by atoms with Gasteiger partial charge in [-0.3, -0.25) is 4.90 Å². The summed E-state index contributed by atoms with van der Waals surface area (Å²) in [4.78, 5) is 5.30. The van der Waals surface area contributed by atoms with Crippen LogP contribution in [0.3, 0.4) is 0 Å². The topological polar surface area (TPSA) is 19.4 Å². The van der Waals surface area contributed by atoms with Gasteiger partial charge in [0.15, 0.2) is 0 Å². The van der Waals surface area contributed by atoms with Crippen LogP contribution in [0.1, 0.15) is 19.3 Å². The zero-order valence-corrected chi connectivity index (χ0v) is 10.2. The average molecular weight is 235 g/mol. The van der Waals surface area contributed by atoms with Gasteiger partial charge in [0.05, 0.1) is 0 Å². The van der Waals surface area contributed by atoms with Crippen molar-refractivity contribution >= 4 is 16.5 Å². The zero-order chi connectivity index (χ0) is 10.6. The molecule has 3 aliphatic heterocycles. The third kappa shape index (κ3) is 1.20. The molecule has 4 heterocycles. The molecule has 4 rings (SSSR count). The maximum absolute atomic E-state index is 4.22. The quantitative estimate of drug-likeness (QED) is 0.740. The minimum atomic E-state index is 0.535. The SMILES string of the molecule is c1cc(N2CCC3(CC4CCN3C4)C2)sn1. The smallest absolute Gasteiger partial charge is 0.112 e. The van der Waals surface area contributed by atoms with E-state index >= 15 is 0 Å². The molecule has 0 saturated carbocycles. The fourth-order valence-electron chi connectivity index (χ4n) is 3.94. The molecule has 2 bridgehead atoms. The van der Waals surface area contributed by atoms with Gasteiger partial charge < -0.3 is 4.90 Å². The number of nitrogens with zero attached hydrogens (tertiary/aromatic N) is 3. The van der Waals surface area contributed by atoms with Gasteiger partial charge in [-0.1, -0.05) is 0 Å². The molecule has 86 valence electrons. The molecule has 1 aromatic heterocycles. The van der Waals surface area contributed by atoms with Crippen LogP contribution in [0.5, 0.6) is 0 Å². The lowest BCUT2D eigenvalue weighted by Crippen LogP contribution is -2.46. The first-order chi connectivity index (χ1) is 7.86. The van der Waals surface area contributed by atoms with Gasteiger partial charge in [-0.25, -0.2) is 0 Å². The predicted octanol–water partition coefficient (Wildman–Crippen LogP) is 1.82. The fourth-order valence-corrected chi connectivity index (χ4v) is 4.56. The van der Waals surface area contributed by atoms with Crippen molar-refractivity contribution in [3.8, 4) is 0 Å². The molecule has 1 aromatic rings. The van der Waals surface area contributed by atoms with Gasteiger partial charge >= 0.3 is 0 Å². The van der Waals surface area contributed by atoms with Crippen molar-refractivity contribution < 1.29 is 0 Å². The molecule has 3 unspecified atom stereocenters. The fraction of sp³-hybridized carbons (Fsp3) is 0.750. The monoisotopic (exact) mass is 235 g/mol. The highest BCUT2D eigenvalue weighted by Crippen LogP contribution is 2.46. The second-order valence-electron chi connectivity index (χ2n) is 5.55. The lowest BCUT2D eigenvalue weighted by atomic mass is 9.87. The van der Waals surface area contributed by atoms with E-state index in [4.69, 9.17) is 0 Å². The summed E-state index contributed by atoms with van der Waals surface area (Å²) in [6, 6.07) is 2.16. The molecule has 3 aliphatic rings. The van der Waals surface area contributed by atoms with Crippen LogP contribution in [0.15, 0.2) is 12.3 Å². The number of piperidine rings is 1. The molecule has 0 radical (unpaired) electrons. The third-order valence-corrected chi connectivity index (χ3v) is 5.50. The summed E-state index contributed by atoms with van der Waals surface area (Å²) < 4.78 is 4.22. The van der Waals surface area contributed by atoms with E-state index in [0.717, 1.165) is 5.92 Å². The number of anilines is 1. The number of aromatic nitrogens is 1. The Hall–Kier alpha value is -0.610. The molecule has 0 aliphatic carbocycles. The zero-order valence-electron chi connectivity index (χ0n) is 9.43. The van der Waals surface area contributed by atoms with Crippen molar-refractivity contribution in [3.05, 3.63) is 12.3 Å². The van der Waals surface area contributed by atoms with Crippen molar-refractivity contribution in [2.45, 2.75) is 24.8 Å². The summed E-state index contributed by atoms with van der Waals surface area (Å²) in [6.07, 6.45) is 6.18. The lowest BCUT2D eigenvalue weighted by Gasteiger charge is -2.36. The summed E-state index contributed by atoms with van der Waals surface area (Å²) in [6.45, 7) is 5.19. The van der Waals surface area contributed by atoms with Crippen molar-refractivity contribution in [1.82, 2.24) is 9.27 Å². The first-order valence-corrected chi connectivity index (χ1v) is 7.04. The number of fused-ring (bicyclic) bond motifs is 3. The number of hydrogen-bond acceptors (Lipinski definition) is 4. The molecule has 0 aromatic carbocycles. The van der Waals surface area contributed by atoms with Gasteiger partial charge in [0, 0.05) is 31.4 Å². The Morgan fingerprint density at radius 2 is 2.44 bits per heavy atom. The molecular formula is C12H17N3S. The van der Waals surface area contributed by atoms with Crippen molar-refractivity contribution in [1.29, 1.82) is 0 Å². The number of hydrogen-bond donors (Lipinski definition) is 0. The van der Waals surface area contributed by atoms with E-state index in [1.165, 1.54) is 50.4 Å². The highest BCUT2D eigenvalue weighted by molar-refractivity contribution is 7.10. The van der Waals surface area contributed by atoms with Crippen LogP contribution in [0.25, 0.3) is 0 Å². The van der Waals surface area contributed by atoms with E-state index in [9.17, 15) is 0 Å². The highest BCUT2D eigenvalue weighted by Gasteiger charge is 2.52. The molecule has 0 amide bonds. The van der Waals surface area contributed by atoms with Crippen LogP contribution in [0.4, 0.5) is 5.00 Å². The second kappa shape index (κ2) is 3.20. The van der Waals surface area contributed by atoms with Gasteiger partial charge in [0.1, 0.15) is 5.00 Å². The predicted molar refractivity (Wildman–Crippen MR) is 66.0 cm³/mol. The minimum Gasteiger partial charge on any atom is -0.360 e. The van der Waals surface area contributed by atoms with Gasteiger partial charge in [-0.05, 0) is 49.3 Å². The van der Waals surface area contributed by atoms with Gasteiger partial charge in [0.25, 0.3) is 0 Å². The molecule has 16 heavy (non-hydrogen) atoms. The Morgan fingerprint density at radius 3 is 3.12 bits per heavy atom. The molecular weight excluding hydrogens is 218 g/mol. The standard InChI is InChI=1S/C12H17N3S/c1-4-13-16-11(1)14-6-3-12(9-14)7-10-2-5-15(12)8-10/h1,4,10H,2-3,5-9H2. The maximum Gasteiger partial charge on any atom is 0.112 e. The molecule has 4 heteroatoms. The summed E-state index contributed by atoms with van der Waals surface area (Å²) in [5.41, 5.74) is 0.535. The maximum atomic E-state index is 4.22. The van der Waals surface area contributed by atoms with E-state index in [1.54, 1.807) is 11.5 Å². The van der Waals surface area contributed by atoms with Crippen molar-refractivity contribution in [3.63, 3.8) is 0 Å². The molecule has 3 fully saturated rings. The Morgan fingerprint density at radius 1 is 1.44 bits per heavy atom. The van der Waals surface area contributed by atoms with E-state index in [1.807, 2.05) is 6.20 Å². The van der Waals surface area contributed by atoms with Crippen LogP contribution >= 0.6 is 11.5 Å². The lowest BCUT2D eigenvalue weighted by molar-refractivity contribution is 0.155. The van der Waals surface area contributed by atoms with Gasteiger partial charge in [0.2, 0.25) is 0 Å². The van der Waals surface area contributed by atoms with Crippen LogP contribution in [-0.4, -0.2) is 41.0 Å². The average Bonchev–Trinajstić information content (AvgIpc) is 2.99. The van der Waals surface area contributed by atoms with E-state index in [2.05, 4.69) is 20.2 Å². The summed E-state index contributed by atoms with van der Waals surface area (Å²) in [7, 11) is 0. The first kappa shape index (κ1) is 9.42. The van der Waals surface area contributed by atoms with Crippen molar-refractivity contribution in [2.75, 3.05) is 31.1 Å². The molecule has 3 nitrogen and oxygen atoms in total. The third-order valence-electron chi connectivity index (χ3n) is 4.69. The minimum absolute atomic E-state index is 0.535. The van der Waals surface area contributed by atoms with Crippen LogP contribution in [0, 0.1) is 5.92 Å². The summed E-state index contributed by atoms with van der Waals surface area (Å²) in [5, 5.41) is 1.36. The Labute approximate surface area is 100 Å². The van der Waals surface area contributed by atoms with E-state index in [-0.39, 0.29) is 0 Å². The van der Waals surface area contributed by atoms with Gasteiger partial charge in [-0.2, -0.15) is 4.37 Å². The van der Waals surface area contributed by atoms with E-state index in [0.29, 0.717) is 5.54 Å². The second-order valence-corrected chi connectivity index (χ2v) is 6.36. The number of rotatable bonds is 1.